The second kappa shape index (κ2) is 7.27. The minimum Gasteiger partial charge on any atom is -0.331 e. The van der Waals surface area contributed by atoms with E-state index in [1.807, 2.05) is 67.9 Å². The largest absolute Gasteiger partial charge is 0.331 e. The van der Waals surface area contributed by atoms with Crippen molar-refractivity contribution in [2.45, 2.75) is 25.9 Å². The summed E-state index contributed by atoms with van der Waals surface area (Å²) in [4.78, 5) is 13.3. The fraction of sp³-hybridized carbons (Fsp3) is 0.235. The van der Waals surface area contributed by atoms with Gasteiger partial charge in [0, 0.05) is 4.88 Å². The van der Waals surface area contributed by atoms with Gasteiger partial charge >= 0.3 is 6.03 Å². The molecule has 2 amide bonds. The van der Waals surface area contributed by atoms with Crippen molar-refractivity contribution in [3.63, 3.8) is 0 Å². The first-order chi connectivity index (χ1) is 11.6. The zero-order valence-electron chi connectivity index (χ0n) is 13.5. The van der Waals surface area contributed by atoms with Gasteiger partial charge in [0.2, 0.25) is 0 Å². The third-order valence-corrected chi connectivity index (χ3v) is 4.70. The number of amides is 2. The lowest BCUT2D eigenvalue weighted by Gasteiger charge is -2.16. The first-order valence-electron chi connectivity index (χ1n) is 7.71. The molecule has 2 aromatic heterocycles. The third kappa shape index (κ3) is 3.80. The number of urea groups is 1. The number of aromatic nitrogens is 3. The molecule has 2 heterocycles. The lowest BCUT2D eigenvalue weighted by molar-refractivity contribution is 0.235. The second-order valence-electron chi connectivity index (χ2n) is 5.50. The molecule has 0 aliphatic carbocycles. The first-order valence-corrected chi connectivity index (χ1v) is 8.59. The summed E-state index contributed by atoms with van der Waals surface area (Å²) in [5.74, 6) is 0. The molecule has 0 aliphatic rings. The molecular weight excluding hydrogens is 322 g/mol. The maximum atomic E-state index is 12.1. The van der Waals surface area contributed by atoms with Gasteiger partial charge in [-0.15, -0.1) is 16.4 Å². The average Bonchev–Trinajstić information content (AvgIpc) is 3.27. The maximum absolute atomic E-state index is 12.1. The summed E-state index contributed by atoms with van der Waals surface area (Å²) >= 11 is 1.62. The van der Waals surface area contributed by atoms with Crippen LogP contribution >= 0.6 is 11.3 Å². The Morgan fingerprint density at radius 1 is 1.08 bits per heavy atom. The van der Waals surface area contributed by atoms with Gasteiger partial charge in [-0.3, -0.25) is 0 Å². The summed E-state index contributed by atoms with van der Waals surface area (Å²) in [6.45, 7) is 3.84. The summed E-state index contributed by atoms with van der Waals surface area (Å²) in [5.41, 5.74) is 1.64. The highest BCUT2D eigenvalue weighted by molar-refractivity contribution is 7.10. The van der Waals surface area contributed by atoms with E-state index in [0.717, 1.165) is 10.6 Å². The number of hydrogen-bond acceptors (Lipinski definition) is 4. The Hall–Kier alpha value is -2.67. The molecule has 1 aromatic carbocycles. The number of thiophene rings is 1. The topological polar surface area (TPSA) is 71.8 Å². The predicted molar refractivity (Wildman–Crippen MR) is 94.2 cm³/mol. The summed E-state index contributed by atoms with van der Waals surface area (Å²) in [6.07, 6.45) is 1.82. The van der Waals surface area contributed by atoms with Crippen LogP contribution in [0.15, 0.2) is 54.0 Å². The highest BCUT2D eigenvalue weighted by atomic mass is 32.1. The molecule has 2 atom stereocenters. The molecule has 0 spiro atoms. The summed E-state index contributed by atoms with van der Waals surface area (Å²) in [7, 11) is 0. The zero-order valence-corrected chi connectivity index (χ0v) is 14.3. The molecule has 0 unspecified atom stereocenters. The lowest BCUT2D eigenvalue weighted by atomic mass is 10.2. The molecule has 0 aliphatic heterocycles. The van der Waals surface area contributed by atoms with Gasteiger partial charge in [-0.25, -0.2) is 9.48 Å². The fourth-order valence-electron chi connectivity index (χ4n) is 2.30. The molecule has 7 heteroatoms. The number of para-hydroxylation sites is 1. The van der Waals surface area contributed by atoms with Gasteiger partial charge in [0.15, 0.2) is 0 Å². The molecule has 0 saturated carbocycles. The van der Waals surface area contributed by atoms with Crippen LogP contribution in [0.5, 0.6) is 0 Å². The van der Waals surface area contributed by atoms with Crippen molar-refractivity contribution in [2.75, 3.05) is 0 Å². The minimum atomic E-state index is -0.238. The van der Waals surface area contributed by atoms with E-state index in [2.05, 4.69) is 20.9 Å². The molecule has 124 valence electrons. The average molecular weight is 341 g/mol. The standard InChI is InChI=1S/C17H19N5OS/c1-12(18-17(23)19-13(2)16-9-6-10-24-16)15-11-22(21-20-15)14-7-4-3-5-8-14/h3-13H,1-2H3,(H2,18,19,23)/t12-,13+/m1/s1. The highest BCUT2D eigenvalue weighted by Crippen LogP contribution is 2.18. The van der Waals surface area contributed by atoms with E-state index < -0.39 is 0 Å². The van der Waals surface area contributed by atoms with E-state index in [0.29, 0.717) is 5.69 Å². The third-order valence-electron chi connectivity index (χ3n) is 3.64. The Labute approximate surface area is 144 Å². The van der Waals surface area contributed by atoms with Crippen molar-refractivity contribution in [3.05, 3.63) is 64.6 Å². The van der Waals surface area contributed by atoms with Crippen LogP contribution in [0.2, 0.25) is 0 Å². The van der Waals surface area contributed by atoms with Crippen LogP contribution in [-0.2, 0) is 0 Å². The maximum Gasteiger partial charge on any atom is 0.315 e. The number of rotatable bonds is 5. The fourth-order valence-corrected chi connectivity index (χ4v) is 3.03. The van der Waals surface area contributed by atoms with Crippen molar-refractivity contribution in [1.29, 1.82) is 0 Å². The number of nitrogens with one attached hydrogen (secondary N) is 2. The molecule has 0 saturated heterocycles. The van der Waals surface area contributed by atoms with Crippen LogP contribution in [0.1, 0.15) is 36.5 Å². The van der Waals surface area contributed by atoms with Crippen LogP contribution in [0.4, 0.5) is 4.79 Å². The van der Waals surface area contributed by atoms with E-state index in [4.69, 9.17) is 0 Å². The Morgan fingerprint density at radius 3 is 2.54 bits per heavy atom. The van der Waals surface area contributed by atoms with Crippen LogP contribution in [-0.4, -0.2) is 21.0 Å². The van der Waals surface area contributed by atoms with Gasteiger partial charge in [-0.1, -0.05) is 29.5 Å². The summed E-state index contributed by atoms with van der Waals surface area (Å²) < 4.78 is 1.69. The number of nitrogens with zero attached hydrogens (tertiary/aromatic N) is 3. The van der Waals surface area contributed by atoms with Gasteiger partial charge in [0.05, 0.1) is 24.0 Å². The van der Waals surface area contributed by atoms with Crippen molar-refractivity contribution in [2.24, 2.45) is 0 Å². The second-order valence-corrected chi connectivity index (χ2v) is 6.48. The molecule has 3 aromatic rings. The van der Waals surface area contributed by atoms with E-state index in [9.17, 15) is 4.79 Å². The number of benzene rings is 1. The highest BCUT2D eigenvalue weighted by Gasteiger charge is 2.16. The minimum absolute atomic E-state index is 0.0304. The van der Waals surface area contributed by atoms with Gasteiger partial charge in [-0.2, -0.15) is 0 Å². The van der Waals surface area contributed by atoms with E-state index in [1.54, 1.807) is 16.0 Å². The molecular formula is C17H19N5OS. The molecule has 0 radical (unpaired) electrons. The quantitative estimate of drug-likeness (QED) is 0.746. The van der Waals surface area contributed by atoms with Crippen molar-refractivity contribution in [1.82, 2.24) is 25.6 Å². The lowest BCUT2D eigenvalue weighted by Crippen LogP contribution is -2.38. The van der Waals surface area contributed by atoms with E-state index in [1.165, 1.54) is 0 Å². The Morgan fingerprint density at radius 2 is 1.83 bits per heavy atom. The van der Waals surface area contributed by atoms with Crippen LogP contribution in [0, 0.1) is 0 Å². The SMILES string of the molecule is C[C@H](NC(=O)N[C@H](C)c1cn(-c2ccccc2)nn1)c1cccs1. The van der Waals surface area contributed by atoms with Crippen LogP contribution in [0.3, 0.4) is 0 Å². The summed E-state index contributed by atoms with van der Waals surface area (Å²) in [6, 6.07) is 13.2. The van der Waals surface area contributed by atoms with Gasteiger partial charge < -0.3 is 10.6 Å². The Kier molecular flexibility index (Phi) is 4.90. The van der Waals surface area contributed by atoms with E-state index >= 15 is 0 Å². The van der Waals surface area contributed by atoms with Gasteiger partial charge in [-0.05, 0) is 37.4 Å². The molecule has 2 N–H and O–H groups in total. The van der Waals surface area contributed by atoms with Crippen molar-refractivity contribution < 1.29 is 4.79 Å². The molecule has 0 fully saturated rings. The normalized spacial score (nSPS) is 13.2. The first kappa shape index (κ1) is 16.2. The Bertz CT molecular complexity index is 784. The van der Waals surface area contributed by atoms with Crippen LogP contribution in [0.25, 0.3) is 5.69 Å². The predicted octanol–water partition coefficient (Wildman–Crippen LogP) is 3.45. The number of carbonyl (C=O) groups is 1. The Balaban J connectivity index is 1.60. The molecule has 3 rings (SSSR count). The zero-order chi connectivity index (χ0) is 16.9. The smallest absolute Gasteiger partial charge is 0.315 e. The van der Waals surface area contributed by atoms with Crippen molar-refractivity contribution in [3.8, 4) is 5.69 Å². The van der Waals surface area contributed by atoms with Gasteiger partial charge in [0.1, 0.15) is 5.69 Å². The molecule has 0 bridgehead atoms. The molecule has 6 nitrogen and oxygen atoms in total. The number of carbonyl (C=O) groups excluding carboxylic acids is 1. The van der Waals surface area contributed by atoms with E-state index in [-0.39, 0.29) is 18.1 Å². The van der Waals surface area contributed by atoms with Crippen LogP contribution < -0.4 is 10.6 Å². The van der Waals surface area contributed by atoms with Crippen molar-refractivity contribution >= 4 is 17.4 Å². The summed E-state index contributed by atoms with van der Waals surface area (Å²) in [5, 5.41) is 16.1. The molecule has 24 heavy (non-hydrogen) atoms. The number of hydrogen-bond donors (Lipinski definition) is 2. The monoisotopic (exact) mass is 341 g/mol. The van der Waals surface area contributed by atoms with Gasteiger partial charge in [0.25, 0.3) is 0 Å².